The number of carbonyl (C=O) groups is 1. The molecule has 1 aliphatic heterocycles. The molecule has 0 aromatic heterocycles. The molecule has 1 fully saturated rings. The SMILES string of the molecule is C[C@@H](N)[C@@H]1CC[C@H](C(=O)O)O1. The summed E-state index contributed by atoms with van der Waals surface area (Å²) in [7, 11) is 0. The van der Waals surface area contributed by atoms with E-state index in [0.717, 1.165) is 6.42 Å². The lowest BCUT2D eigenvalue weighted by Crippen LogP contribution is -2.32. The van der Waals surface area contributed by atoms with Crippen molar-refractivity contribution in [2.45, 2.75) is 38.0 Å². The van der Waals surface area contributed by atoms with Crippen molar-refractivity contribution in [1.29, 1.82) is 0 Å². The van der Waals surface area contributed by atoms with Crippen LogP contribution in [0.3, 0.4) is 0 Å². The van der Waals surface area contributed by atoms with Crippen LogP contribution < -0.4 is 5.73 Å². The molecule has 0 aliphatic carbocycles. The minimum absolute atomic E-state index is 0.0700. The molecule has 0 bridgehead atoms. The van der Waals surface area contributed by atoms with Gasteiger partial charge in [0.2, 0.25) is 0 Å². The van der Waals surface area contributed by atoms with Crippen molar-refractivity contribution in [3.63, 3.8) is 0 Å². The van der Waals surface area contributed by atoms with E-state index in [4.69, 9.17) is 15.6 Å². The Balaban J connectivity index is 2.41. The van der Waals surface area contributed by atoms with Crippen LogP contribution in [0.15, 0.2) is 0 Å². The van der Waals surface area contributed by atoms with Gasteiger partial charge in [-0.05, 0) is 19.8 Å². The van der Waals surface area contributed by atoms with E-state index < -0.39 is 12.1 Å². The zero-order valence-corrected chi connectivity index (χ0v) is 6.49. The largest absolute Gasteiger partial charge is 0.479 e. The fourth-order valence-corrected chi connectivity index (χ4v) is 1.23. The highest BCUT2D eigenvalue weighted by molar-refractivity contribution is 5.72. The third kappa shape index (κ3) is 1.91. The second-order valence-corrected chi connectivity index (χ2v) is 2.94. The highest BCUT2D eigenvalue weighted by Gasteiger charge is 2.31. The molecule has 1 aliphatic rings. The molecule has 3 atom stereocenters. The summed E-state index contributed by atoms with van der Waals surface area (Å²) >= 11 is 0. The Morgan fingerprint density at radius 3 is 2.64 bits per heavy atom. The number of carboxylic acid groups (broad SMARTS) is 1. The summed E-state index contributed by atoms with van der Waals surface area (Å²) in [5.74, 6) is -0.881. The average Bonchev–Trinajstić information content (AvgIpc) is 2.33. The molecule has 0 spiro atoms. The van der Waals surface area contributed by atoms with Crippen molar-refractivity contribution >= 4 is 5.97 Å². The quantitative estimate of drug-likeness (QED) is 0.593. The summed E-state index contributed by atoms with van der Waals surface area (Å²) in [6, 6.07) is -0.0700. The summed E-state index contributed by atoms with van der Waals surface area (Å²) in [6.45, 7) is 1.83. The Morgan fingerprint density at radius 1 is 1.73 bits per heavy atom. The first-order valence-corrected chi connectivity index (χ1v) is 3.75. The smallest absolute Gasteiger partial charge is 0.332 e. The fourth-order valence-electron chi connectivity index (χ4n) is 1.23. The van der Waals surface area contributed by atoms with Gasteiger partial charge in [-0.2, -0.15) is 0 Å². The van der Waals surface area contributed by atoms with Gasteiger partial charge in [-0.1, -0.05) is 0 Å². The zero-order valence-electron chi connectivity index (χ0n) is 6.49. The van der Waals surface area contributed by atoms with Gasteiger partial charge in [0, 0.05) is 6.04 Å². The predicted octanol–water partition coefficient (Wildman–Crippen LogP) is -0.0342. The van der Waals surface area contributed by atoms with Gasteiger partial charge in [0.1, 0.15) is 0 Å². The van der Waals surface area contributed by atoms with E-state index in [1.165, 1.54) is 0 Å². The van der Waals surface area contributed by atoms with Crippen LogP contribution in [-0.4, -0.2) is 29.3 Å². The highest BCUT2D eigenvalue weighted by atomic mass is 16.5. The molecule has 0 aromatic carbocycles. The number of hydrogen-bond donors (Lipinski definition) is 2. The van der Waals surface area contributed by atoms with Gasteiger partial charge in [0.25, 0.3) is 0 Å². The number of nitrogens with two attached hydrogens (primary N) is 1. The van der Waals surface area contributed by atoms with E-state index in [2.05, 4.69) is 0 Å². The molecule has 0 saturated carbocycles. The molecular formula is C7H13NO3. The maximum Gasteiger partial charge on any atom is 0.332 e. The number of ether oxygens (including phenoxy) is 1. The summed E-state index contributed by atoms with van der Waals surface area (Å²) < 4.78 is 5.16. The van der Waals surface area contributed by atoms with Crippen LogP contribution in [0.5, 0.6) is 0 Å². The summed E-state index contributed by atoms with van der Waals surface area (Å²) in [5, 5.41) is 8.55. The zero-order chi connectivity index (χ0) is 8.43. The fraction of sp³-hybridized carbons (Fsp3) is 0.857. The lowest BCUT2D eigenvalue weighted by Gasteiger charge is -2.13. The Morgan fingerprint density at radius 2 is 2.36 bits per heavy atom. The molecule has 0 amide bonds. The van der Waals surface area contributed by atoms with E-state index in [9.17, 15) is 4.79 Å². The highest BCUT2D eigenvalue weighted by Crippen LogP contribution is 2.21. The number of aliphatic carboxylic acids is 1. The van der Waals surface area contributed by atoms with E-state index in [-0.39, 0.29) is 12.1 Å². The van der Waals surface area contributed by atoms with Crippen molar-refractivity contribution in [2.24, 2.45) is 5.73 Å². The Labute approximate surface area is 65.3 Å². The first-order chi connectivity index (χ1) is 5.11. The van der Waals surface area contributed by atoms with Crippen LogP contribution in [-0.2, 0) is 9.53 Å². The molecule has 0 radical (unpaired) electrons. The molecule has 1 heterocycles. The molecule has 64 valence electrons. The lowest BCUT2D eigenvalue weighted by atomic mass is 10.1. The van der Waals surface area contributed by atoms with Gasteiger partial charge in [0.15, 0.2) is 6.10 Å². The van der Waals surface area contributed by atoms with Crippen LogP contribution in [0.25, 0.3) is 0 Å². The van der Waals surface area contributed by atoms with Gasteiger partial charge in [0.05, 0.1) is 6.10 Å². The molecule has 0 aromatic rings. The molecule has 4 heteroatoms. The Bertz CT molecular complexity index is 158. The molecular weight excluding hydrogens is 146 g/mol. The van der Waals surface area contributed by atoms with E-state index in [1.54, 1.807) is 0 Å². The molecule has 1 saturated heterocycles. The topological polar surface area (TPSA) is 72.6 Å². The third-order valence-electron chi connectivity index (χ3n) is 1.91. The van der Waals surface area contributed by atoms with Gasteiger partial charge in [-0.25, -0.2) is 4.79 Å². The van der Waals surface area contributed by atoms with Crippen LogP contribution in [0, 0.1) is 0 Å². The van der Waals surface area contributed by atoms with Gasteiger partial charge in [-0.3, -0.25) is 0 Å². The molecule has 4 nitrogen and oxygen atoms in total. The minimum atomic E-state index is -0.881. The summed E-state index contributed by atoms with van der Waals surface area (Å²) in [5.41, 5.74) is 5.54. The van der Waals surface area contributed by atoms with Gasteiger partial charge < -0.3 is 15.6 Å². The standard InChI is InChI=1S/C7H13NO3/c1-4(8)5-2-3-6(11-5)7(9)10/h4-6H,2-3,8H2,1H3,(H,9,10)/t4-,5+,6-/m1/s1. The monoisotopic (exact) mass is 159 g/mol. The first kappa shape index (κ1) is 8.49. The van der Waals surface area contributed by atoms with E-state index in [0.29, 0.717) is 6.42 Å². The predicted molar refractivity (Wildman–Crippen MR) is 39.2 cm³/mol. The summed E-state index contributed by atoms with van der Waals surface area (Å²) in [4.78, 5) is 10.4. The first-order valence-electron chi connectivity index (χ1n) is 3.75. The number of carboxylic acids is 1. The molecule has 1 rings (SSSR count). The number of rotatable bonds is 2. The number of hydrogen-bond acceptors (Lipinski definition) is 3. The van der Waals surface area contributed by atoms with Crippen LogP contribution >= 0.6 is 0 Å². The minimum Gasteiger partial charge on any atom is -0.479 e. The van der Waals surface area contributed by atoms with Crippen LogP contribution in [0.1, 0.15) is 19.8 Å². The third-order valence-corrected chi connectivity index (χ3v) is 1.91. The normalized spacial score (nSPS) is 33.6. The molecule has 3 N–H and O–H groups in total. The maximum absolute atomic E-state index is 10.4. The van der Waals surface area contributed by atoms with Crippen molar-refractivity contribution in [1.82, 2.24) is 0 Å². The maximum atomic E-state index is 10.4. The van der Waals surface area contributed by atoms with Crippen LogP contribution in [0.2, 0.25) is 0 Å². The lowest BCUT2D eigenvalue weighted by molar-refractivity contribution is -0.149. The van der Waals surface area contributed by atoms with Crippen molar-refractivity contribution in [3.05, 3.63) is 0 Å². The second-order valence-electron chi connectivity index (χ2n) is 2.94. The summed E-state index contributed by atoms with van der Waals surface area (Å²) in [6.07, 6.45) is 0.637. The van der Waals surface area contributed by atoms with Crippen molar-refractivity contribution in [2.75, 3.05) is 0 Å². The second kappa shape index (κ2) is 3.19. The average molecular weight is 159 g/mol. The van der Waals surface area contributed by atoms with E-state index in [1.807, 2.05) is 6.92 Å². The van der Waals surface area contributed by atoms with Crippen molar-refractivity contribution < 1.29 is 14.6 Å². The van der Waals surface area contributed by atoms with E-state index >= 15 is 0 Å². The molecule has 0 unspecified atom stereocenters. The van der Waals surface area contributed by atoms with Crippen molar-refractivity contribution in [3.8, 4) is 0 Å². The van der Waals surface area contributed by atoms with Gasteiger partial charge >= 0.3 is 5.97 Å². The Kier molecular flexibility index (Phi) is 2.46. The Hall–Kier alpha value is -0.610. The van der Waals surface area contributed by atoms with Crippen LogP contribution in [0.4, 0.5) is 0 Å². The molecule has 11 heavy (non-hydrogen) atoms. The van der Waals surface area contributed by atoms with Gasteiger partial charge in [-0.15, -0.1) is 0 Å².